The standard InChI is InChI=1S/C16H18ClN3/c1-2-18-15-12-8-4-6-10-14(12)19-16(20-15)11-7-3-5-9-13(11)17/h3,5,7,9H,2,4,6,8,10H2,1H3,(H,18,19,20). The van der Waals surface area contributed by atoms with Crippen molar-refractivity contribution in [1.29, 1.82) is 0 Å². The third-order valence-electron chi connectivity index (χ3n) is 3.64. The van der Waals surface area contributed by atoms with Gasteiger partial charge in [0.2, 0.25) is 0 Å². The number of hydrogen-bond acceptors (Lipinski definition) is 3. The Hall–Kier alpha value is -1.61. The Labute approximate surface area is 124 Å². The van der Waals surface area contributed by atoms with Gasteiger partial charge in [-0.2, -0.15) is 0 Å². The summed E-state index contributed by atoms with van der Waals surface area (Å²) in [5.41, 5.74) is 3.37. The summed E-state index contributed by atoms with van der Waals surface area (Å²) in [5.74, 6) is 1.71. The number of hydrogen-bond donors (Lipinski definition) is 1. The predicted molar refractivity (Wildman–Crippen MR) is 83.3 cm³/mol. The third-order valence-corrected chi connectivity index (χ3v) is 3.97. The lowest BCUT2D eigenvalue weighted by atomic mass is 9.96. The molecule has 0 fully saturated rings. The molecule has 1 aromatic carbocycles. The molecule has 0 atom stereocenters. The highest BCUT2D eigenvalue weighted by Crippen LogP contribution is 2.31. The molecule has 0 saturated heterocycles. The van der Waals surface area contributed by atoms with E-state index in [0.29, 0.717) is 5.02 Å². The van der Waals surface area contributed by atoms with Crippen LogP contribution in [-0.4, -0.2) is 16.5 Å². The molecule has 0 radical (unpaired) electrons. The van der Waals surface area contributed by atoms with E-state index in [-0.39, 0.29) is 0 Å². The first-order valence-electron chi connectivity index (χ1n) is 7.18. The zero-order valence-corrected chi connectivity index (χ0v) is 12.4. The average molecular weight is 288 g/mol. The maximum absolute atomic E-state index is 6.27. The van der Waals surface area contributed by atoms with Crippen LogP contribution in [0.3, 0.4) is 0 Å². The molecule has 104 valence electrons. The fourth-order valence-electron chi connectivity index (χ4n) is 2.67. The minimum absolute atomic E-state index is 0.700. The molecule has 0 bridgehead atoms. The lowest BCUT2D eigenvalue weighted by Gasteiger charge is -2.19. The summed E-state index contributed by atoms with van der Waals surface area (Å²) in [7, 11) is 0. The molecule has 2 aromatic rings. The molecule has 0 aliphatic heterocycles. The largest absolute Gasteiger partial charge is 0.370 e. The number of aromatic nitrogens is 2. The van der Waals surface area contributed by atoms with Crippen molar-refractivity contribution in [1.82, 2.24) is 9.97 Å². The second kappa shape index (κ2) is 5.80. The Morgan fingerprint density at radius 3 is 2.75 bits per heavy atom. The molecule has 1 heterocycles. The predicted octanol–water partition coefficient (Wildman–Crippen LogP) is 4.11. The summed E-state index contributed by atoms with van der Waals surface area (Å²) in [6, 6.07) is 7.75. The topological polar surface area (TPSA) is 37.8 Å². The van der Waals surface area contributed by atoms with Gasteiger partial charge in [-0.05, 0) is 44.7 Å². The fraction of sp³-hybridized carbons (Fsp3) is 0.375. The van der Waals surface area contributed by atoms with E-state index < -0.39 is 0 Å². The summed E-state index contributed by atoms with van der Waals surface area (Å²) in [6.07, 6.45) is 4.53. The number of halogens is 1. The van der Waals surface area contributed by atoms with Crippen LogP contribution in [0.25, 0.3) is 11.4 Å². The molecule has 0 amide bonds. The molecule has 4 heteroatoms. The molecule has 1 N–H and O–H groups in total. The summed E-state index contributed by atoms with van der Waals surface area (Å²) >= 11 is 6.27. The smallest absolute Gasteiger partial charge is 0.163 e. The summed E-state index contributed by atoms with van der Waals surface area (Å²) in [4.78, 5) is 9.45. The molecule has 1 aliphatic rings. The molecular weight excluding hydrogens is 270 g/mol. The van der Waals surface area contributed by atoms with Crippen LogP contribution in [0.2, 0.25) is 5.02 Å². The summed E-state index contributed by atoms with van der Waals surface area (Å²) in [6.45, 7) is 2.96. The lowest BCUT2D eigenvalue weighted by molar-refractivity contribution is 0.665. The van der Waals surface area contributed by atoms with Crippen LogP contribution in [-0.2, 0) is 12.8 Å². The minimum Gasteiger partial charge on any atom is -0.370 e. The monoisotopic (exact) mass is 287 g/mol. The molecular formula is C16H18ClN3. The Bertz CT molecular complexity index is 625. The third kappa shape index (κ3) is 2.50. The van der Waals surface area contributed by atoms with Crippen molar-refractivity contribution in [3.05, 3.63) is 40.5 Å². The van der Waals surface area contributed by atoms with E-state index in [1.54, 1.807) is 0 Å². The van der Waals surface area contributed by atoms with Crippen LogP contribution < -0.4 is 5.32 Å². The number of benzene rings is 1. The first-order valence-corrected chi connectivity index (χ1v) is 7.56. The van der Waals surface area contributed by atoms with Gasteiger partial charge in [-0.25, -0.2) is 9.97 Å². The van der Waals surface area contributed by atoms with Gasteiger partial charge in [0.15, 0.2) is 5.82 Å². The van der Waals surface area contributed by atoms with E-state index in [0.717, 1.165) is 36.6 Å². The van der Waals surface area contributed by atoms with E-state index in [9.17, 15) is 0 Å². The molecule has 20 heavy (non-hydrogen) atoms. The van der Waals surface area contributed by atoms with Crippen LogP contribution in [0, 0.1) is 0 Å². The summed E-state index contributed by atoms with van der Waals surface area (Å²) in [5, 5.41) is 4.07. The van der Waals surface area contributed by atoms with Crippen molar-refractivity contribution >= 4 is 17.4 Å². The van der Waals surface area contributed by atoms with E-state index in [1.165, 1.54) is 24.1 Å². The number of rotatable bonds is 3. The molecule has 1 aromatic heterocycles. The van der Waals surface area contributed by atoms with Crippen molar-refractivity contribution in [2.24, 2.45) is 0 Å². The van der Waals surface area contributed by atoms with E-state index >= 15 is 0 Å². The maximum Gasteiger partial charge on any atom is 0.163 e. The first kappa shape index (κ1) is 13.4. The number of nitrogens with one attached hydrogen (secondary N) is 1. The fourth-order valence-corrected chi connectivity index (χ4v) is 2.89. The second-order valence-corrected chi connectivity index (χ2v) is 5.45. The van der Waals surface area contributed by atoms with Gasteiger partial charge in [-0.1, -0.05) is 23.7 Å². The number of anilines is 1. The van der Waals surface area contributed by atoms with Gasteiger partial charge < -0.3 is 5.32 Å². The zero-order valence-electron chi connectivity index (χ0n) is 11.6. The van der Waals surface area contributed by atoms with E-state index in [4.69, 9.17) is 21.6 Å². The normalized spacial score (nSPS) is 13.9. The van der Waals surface area contributed by atoms with Gasteiger partial charge in [0.05, 0.1) is 5.02 Å². The molecule has 3 rings (SSSR count). The zero-order chi connectivity index (χ0) is 13.9. The Morgan fingerprint density at radius 2 is 1.95 bits per heavy atom. The molecule has 0 spiro atoms. The number of nitrogens with zero attached hydrogens (tertiary/aromatic N) is 2. The van der Waals surface area contributed by atoms with Gasteiger partial charge in [0, 0.05) is 23.4 Å². The molecule has 0 saturated carbocycles. The highest BCUT2D eigenvalue weighted by molar-refractivity contribution is 6.33. The van der Waals surface area contributed by atoms with Crippen molar-refractivity contribution in [3.63, 3.8) is 0 Å². The van der Waals surface area contributed by atoms with Gasteiger partial charge in [-0.3, -0.25) is 0 Å². The number of aryl methyl sites for hydroxylation is 1. The van der Waals surface area contributed by atoms with Crippen molar-refractivity contribution < 1.29 is 0 Å². The van der Waals surface area contributed by atoms with Crippen molar-refractivity contribution in [3.8, 4) is 11.4 Å². The van der Waals surface area contributed by atoms with Crippen molar-refractivity contribution in [2.75, 3.05) is 11.9 Å². The lowest BCUT2D eigenvalue weighted by Crippen LogP contribution is -2.13. The molecule has 3 nitrogen and oxygen atoms in total. The van der Waals surface area contributed by atoms with Crippen LogP contribution >= 0.6 is 11.6 Å². The van der Waals surface area contributed by atoms with Crippen molar-refractivity contribution in [2.45, 2.75) is 32.6 Å². The van der Waals surface area contributed by atoms with Crippen LogP contribution in [0.5, 0.6) is 0 Å². The average Bonchev–Trinajstić information content (AvgIpc) is 2.48. The molecule has 0 unspecified atom stereocenters. The van der Waals surface area contributed by atoms with E-state index in [2.05, 4.69) is 12.2 Å². The summed E-state index contributed by atoms with van der Waals surface area (Å²) < 4.78 is 0. The SMILES string of the molecule is CCNc1nc(-c2ccccc2Cl)nc2c1CCCC2. The first-order chi connectivity index (χ1) is 9.79. The van der Waals surface area contributed by atoms with Crippen LogP contribution in [0.4, 0.5) is 5.82 Å². The van der Waals surface area contributed by atoms with Crippen LogP contribution in [0.15, 0.2) is 24.3 Å². The Morgan fingerprint density at radius 1 is 1.15 bits per heavy atom. The van der Waals surface area contributed by atoms with Gasteiger partial charge in [-0.15, -0.1) is 0 Å². The maximum atomic E-state index is 6.27. The Kier molecular flexibility index (Phi) is 3.88. The second-order valence-electron chi connectivity index (χ2n) is 5.04. The van der Waals surface area contributed by atoms with Gasteiger partial charge >= 0.3 is 0 Å². The quantitative estimate of drug-likeness (QED) is 0.923. The van der Waals surface area contributed by atoms with Gasteiger partial charge in [0.25, 0.3) is 0 Å². The number of fused-ring (bicyclic) bond motifs is 1. The highest BCUT2D eigenvalue weighted by Gasteiger charge is 2.18. The Balaban J connectivity index is 2.13. The highest BCUT2D eigenvalue weighted by atomic mass is 35.5. The van der Waals surface area contributed by atoms with Crippen LogP contribution in [0.1, 0.15) is 31.0 Å². The van der Waals surface area contributed by atoms with E-state index in [1.807, 2.05) is 24.3 Å². The van der Waals surface area contributed by atoms with Gasteiger partial charge in [0.1, 0.15) is 5.82 Å². The minimum atomic E-state index is 0.700. The molecule has 1 aliphatic carbocycles.